The first-order valence-electron chi connectivity index (χ1n) is 6.17. The SMILES string of the molecule is Cc1ccc(F)cc1S(=O)(=O)N1CCCC(C=O)C1. The fourth-order valence-electron chi connectivity index (χ4n) is 2.29. The minimum atomic E-state index is -3.72. The highest BCUT2D eigenvalue weighted by Gasteiger charge is 2.31. The van der Waals surface area contributed by atoms with E-state index in [-0.39, 0.29) is 17.4 Å². The van der Waals surface area contributed by atoms with Crippen LogP contribution in [0.2, 0.25) is 0 Å². The van der Waals surface area contributed by atoms with Crippen molar-refractivity contribution in [1.29, 1.82) is 0 Å². The largest absolute Gasteiger partial charge is 0.303 e. The van der Waals surface area contributed by atoms with E-state index < -0.39 is 15.8 Å². The summed E-state index contributed by atoms with van der Waals surface area (Å²) in [6.07, 6.45) is 2.15. The van der Waals surface area contributed by atoms with Gasteiger partial charge >= 0.3 is 0 Å². The van der Waals surface area contributed by atoms with Gasteiger partial charge in [0.05, 0.1) is 4.90 Å². The molecule has 1 aliphatic heterocycles. The summed E-state index contributed by atoms with van der Waals surface area (Å²) in [5.41, 5.74) is 0.509. The van der Waals surface area contributed by atoms with E-state index in [1.165, 1.54) is 16.4 Å². The predicted octanol–water partition coefficient (Wildman–Crippen LogP) is 1.73. The Labute approximate surface area is 112 Å². The second kappa shape index (κ2) is 5.38. The lowest BCUT2D eigenvalue weighted by atomic mass is 10.0. The lowest BCUT2D eigenvalue weighted by Gasteiger charge is -2.29. The molecule has 1 aliphatic rings. The van der Waals surface area contributed by atoms with Gasteiger partial charge in [0.2, 0.25) is 10.0 Å². The van der Waals surface area contributed by atoms with Crippen LogP contribution >= 0.6 is 0 Å². The van der Waals surface area contributed by atoms with E-state index in [0.29, 0.717) is 24.9 Å². The molecule has 1 saturated heterocycles. The van der Waals surface area contributed by atoms with Crippen LogP contribution in [-0.2, 0) is 14.8 Å². The van der Waals surface area contributed by atoms with Crippen molar-refractivity contribution < 1.29 is 17.6 Å². The second-order valence-corrected chi connectivity index (χ2v) is 6.72. The molecule has 6 heteroatoms. The number of benzene rings is 1. The van der Waals surface area contributed by atoms with Gasteiger partial charge in [-0.2, -0.15) is 4.31 Å². The Morgan fingerprint density at radius 2 is 2.16 bits per heavy atom. The summed E-state index contributed by atoms with van der Waals surface area (Å²) in [6, 6.07) is 3.72. The third-order valence-corrected chi connectivity index (χ3v) is 5.39. The number of aryl methyl sites for hydroxylation is 1. The van der Waals surface area contributed by atoms with Crippen molar-refractivity contribution in [3.8, 4) is 0 Å². The zero-order valence-corrected chi connectivity index (χ0v) is 11.5. The van der Waals surface area contributed by atoms with Crippen LogP contribution < -0.4 is 0 Å². The Balaban J connectivity index is 2.36. The molecule has 0 spiro atoms. The van der Waals surface area contributed by atoms with E-state index in [1.807, 2.05) is 0 Å². The maximum Gasteiger partial charge on any atom is 0.243 e. The first-order valence-corrected chi connectivity index (χ1v) is 7.61. The molecule has 1 heterocycles. The van der Waals surface area contributed by atoms with Crippen LogP contribution in [0.25, 0.3) is 0 Å². The first-order chi connectivity index (χ1) is 8.95. The van der Waals surface area contributed by atoms with Crippen LogP contribution in [0.5, 0.6) is 0 Å². The first kappa shape index (κ1) is 14.1. The van der Waals surface area contributed by atoms with Crippen LogP contribution in [0.15, 0.2) is 23.1 Å². The normalized spacial score (nSPS) is 21.3. The molecular formula is C13H16FNO3S. The molecule has 104 valence electrons. The smallest absolute Gasteiger partial charge is 0.243 e. The number of rotatable bonds is 3. The molecule has 1 atom stereocenters. The van der Waals surface area contributed by atoms with E-state index in [1.54, 1.807) is 6.92 Å². The lowest BCUT2D eigenvalue weighted by molar-refractivity contribution is -0.112. The third-order valence-electron chi connectivity index (χ3n) is 3.38. The van der Waals surface area contributed by atoms with Gasteiger partial charge in [-0.05, 0) is 37.5 Å². The summed E-state index contributed by atoms with van der Waals surface area (Å²) < 4.78 is 39.5. The van der Waals surface area contributed by atoms with Crippen LogP contribution in [-0.4, -0.2) is 32.1 Å². The molecule has 1 unspecified atom stereocenters. The van der Waals surface area contributed by atoms with E-state index >= 15 is 0 Å². The van der Waals surface area contributed by atoms with Crippen LogP contribution in [0.1, 0.15) is 18.4 Å². The average Bonchev–Trinajstić information content (AvgIpc) is 2.41. The molecular weight excluding hydrogens is 269 g/mol. The Hall–Kier alpha value is -1.27. The van der Waals surface area contributed by atoms with Crippen molar-refractivity contribution in [2.45, 2.75) is 24.7 Å². The van der Waals surface area contributed by atoms with Crippen molar-refractivity contribution in [2.24, 2.45) is 5.92 Å². The highest BCUT2D eigenvalue weighted by molar-refractivity contribution is 7.89. The minimum Gasteiger partial charge on any atom is -0.303 e. The molecule has 19 heavy (non-hydrogen) atoms. The van der Waals surface area contributed by atoms with Crippen molar-refractivity contribution in [1.82, 2.24) is 4.31 Å². The van der Waals surface area contributed by atoms with Gasteiger partial charge in [-0.15, -0.1) is 0 Å². The molecule has 0 radical (unpaired) electrons. The van der Waals surface area contributed by atoms with Gasteiger partial charge in [0.15, 0.2) is 0 Å². The quantitative estimate of drug-likeness (QED) is 0.795. The zero-order chi connectivity index (χ0) is 14.0. The Kier molecular flexibility index (Phi) is 4.01. The van der Waals surface area contributed by atoms with Gasteiger partial charge in [-0.25, -0.2) is 12.8 Å². The summed E-state index contributed by atoms with van der Waals surface area (Å²) >= 11 is 0. The van der Waals surface area contributed by atoms with E-state index in [4.69, 9.17) is 0 Å². The highest BCUT2D eigenvalue weighted by Crippen LogP contribution is 2.25. The van der Waals surface area contributed by atoms with Crippen LogP contribution in [0.4, 0.5) is 4.39 Å². The van der Waals surface area contributed by atoms with Crippen LogP contribution in [0, 0.1) is 18.7 Å². The highest BCUT2D eigenvalue weighted by atomic mass is 32.2. The Morgan fingerprint density at radius 1 is 1.42 bits per heavy atom. The molecule has 1 fully saturated rings. The predicted molar refractivity (Wildman–Crippen MR) is 68.7 cm³/mol. The number of halogens is 1. The fourth-order valence-corrected chi connectivity index (χ4v) is 4.07. The monoisotopic (exact) mass is 285 g/mol. The van der Waals surface area contributed by atoms with Crippen molar-refractivity contribution >= 4 is 16.3 Å². The zero-order valence-electron chi connectivity index (χ0n) is 10.7. The lowest BCUT2D eigenvalue weighted by Crippen LogP contribution is -2.40. The molecule has 0 N–H and O–H groups in total. The van der Waals surface area contributed by atoms with E-state index in [9.17, 15) is 17.6 Å². The number of hydrogen-bond acceptors (Lipinski definition) is 3. The summed E-state index contributed by atoms with van der Waals surface area (Å²) in [6.45, 7) is 2.19. The molecule has 4 nitrogen and oxygen atoms in total. The summed E-state index contributed by atoms with van der Waals surface area (Å²) in [7, 11) is -3.72. The topological polar surface area (TPSA) is 54.5 Å². The average molecular weight is 285 g/mol. The summed E-state index contributed by atoms with van der Waals surface area (Å²) in [4.78, 5) is 10.8. The molecule has 0 aliphatic carbocycles. The molecule has 0 aromatic heterocycles. The molecule has 1 aromatic rings. The number of nitrogens with zero attached hydrogens (tertiary/aromatic N) is 1. The number of carbonyl (C=O) groups excluding carboxylic acids is 1. The number of aldehydes is 1. The van der Waals surface area contributed by atoms with Gasteiger partial charge in [0, 0.05) is 19.0 Å². The number of carbonyl (C=O) groups is 1. The standard InChI is InChI=1S/C13H16FNO3S/c1-10-4-5-12(14)7-13(10)19(17,18)15-6-2-3-11(8-15)9-16/h4-5,7,9,11H,2-3,6,8H2,1H3. The van der Waals surface area contributed by atoms with E-state index in [0.717, 1.165) is 12.4 Å². The van der Waals surface area contributed by atoms with E-state index in [2.05, 4.69) is 0 Å². The Bertz CT molecular complexity index is 586. The molecule has 0 saturated carbocycles. The van der Waals surface area contributed by atoms with Gasteiger partial charge in [0.1, 0.15) is 12.1 Å². The maximum absolute atomic E-state index is 13.2. The number of hydrogen-bond donors (Lipinski definition) is 0. The molecule has 0 bridgehead atoms. The Morgan fingerprint density at radius 3 is 2.84 bits per heavy atom. The summed E-state index contributed by atoms with van der Waals surface area (Å²) in [5.74, 6) is -0.842. The van der Waals surface area contributed by atoms with Crippen LogP contribution in [0.3, 0.4) is 0 Å². The minimum absolute atomic E-state index is 0.0148. The van der Waals surface area contributed by atoms with Crippen molar-refractivity contribution in [3.63, 3.8) is 0 Å². The molecule has 1 aromatic carbocycles. The van der Waals surface area contributed by atoms with Crippen molar-refractivity contribution in [2.75, 3.05) is 13.1 Å². The maximum atomic E-state index is 13.2. The van der Waals surface area contributed by atoms with Gasteiger partial charge in [-0.1, -0.05) is 6.07 Å². The number of piperidine rings is 1. The third kappa shape index (κ3) is 2.84. The number of sulfonamides is 1. The summed E-state index contributed by atoms with van der Waals surface area (Å²) in [5, 5.41) is 0. The fraction of sp³-hybridized carbons (Fsp3) is 0.462. The second-order valence-electron chi connectivity index (χ2n) is 4.81. The molecule has 2 rings (SSSR count). The van der Waals surface area contributed by atoms with Gasteiger partial charge < -0.3 is 4.79 Å². The van der Waals surface area contributed by atoms with Gasteiger partial charge in [-0.3, -0.25) is 0 Å². The van der Waals surface area contributed by atoms with Crippen molar-refractivity contribution in [3.05, 3.63) is 29.6 Å². The molecule has 0 amide bonds. The van der Waals surface area contributed by atoms with Gasteiger partial charge in [0.25, 0.3) is 0 Å².